The van der Waals surface area contributed by atoms with Gasteiger partial charge in [0.2, 0.25) is 11.8 Å². The lowest BCUT2D eigenvalue weighted by molar-refractivity contribution is -0.144. The second kappa shape index (κ2) is 16.5. The minimum absolute atomic E-state index is 0.0195. The fraction of sp³-hybridized carbons (Fsp3) is 0.719. The van der Waals surface area contributed by atoms with Crippen LogP contribution in [0, 0.1) is 11.8 Å². The minimum Gasteiger partial charge on any atom is -0.387 e. The number of carbonyl (C=O) groups is 3. The van der Waals surface area contributed by atoms with Crippen molar-refractivity contribution >= 4 is 40.2 Å². The predicted octanol–water partition coefficient (Wildman–Crippen LogP) is 3.97. The third-order valence-electron chi connectivity index (χ3n) is 8.22. The molecule has 0 aliphatic carbocycles. The van der Waals surface area contributed by atoms with Crippen LogP contribution in [0.15, 0.2) is 36.0 Å². The first-order chi connectivity index (χ1) is 19.9. The van der Waals surface area contributed by atoms with Crippen molar-refractivity contribution in [1.82, 2.24) is 10.6 Å². The van der Waals surface area contributed by atoms with Crippen molar-refractivity contribution in [3.63, 3.8) is 0 Å². The lowest BCUT2D eigenvalue weighted by atomic mass is 9.86. The summed E-state index contributed by atoms with van der Waals surface area (Å²) in [4.78, 5) is 36.2. The molecular weight excluding hydrogens is 651 g/mol. The molecule has 0 radical (unpaired) electrons. The van der Waals surface area contributed by atoms with Crippen molar-refractivity contribution in [2.24, 2.45) is 11.8 Å². The van der Waals surface area contributed by atoms with Crippen LogP contribution in [-0.4, -0.2) is 82.4 Å². The molecule has 8 atom stereocenters. The Morgan fingerprint density at radius 2 is 1.90 bits per heavy atom. The molecule has 236 valence electrons. The molecule has 9 nitrogen and oxygen atoms in total. The topological polar surface area (TPSA) is 126 Å². The molecule has 3 fully saturated rings. The molecule has 0 unspecified atom stereocenters. The molecule has 10 heteroatoms. The average molecular weight is 701 g/mol. The number of halogens is 1. The summed E-state index contributed by atoms with van der Waals surface area (Å²) in [5, 5.41) is 16.8. The van der Waals surface area contributed by atoms with Crippen LogP contribution in [0.3, 0.4) is 0 Å². The smallest absolute Gasteiger partial charge is 0.243 e. The van der Waals surface area contributed by atoms with Gasteiger partial charge in [0.05, 0.1) is 35.4 Å². The highest BCUT2D eigenvalue weighted by molar-refractivity contribution is 14.1. The number of aliphatic hydroxyl groups is 1. The first-order valence-corrected chi connectivity index (χ1v) is 16.8. The first-order valence-electron chi connectivity index (χ1n) is 15.2. The quantitative estimate of drug-likeness (QED) is 0.0626. The molecule has 3 heterocycles. The number of carbonyl (C=O) groups excluding carboxylic acids is 3. The summed E-state index contributed by atoms with van der Waals surface area (Å²) >= 11 is 2.01. The number of nitrogens with one attached hydrogen (secondary N) is 2. The number of ether oxygens (including phenoxy) is 3. The van der Waals surface area contributed by atoms with E-state index in [1.165, 1.54) is 0 Å². The predicted molar refractivity (Wildman–Crippen MR) is 170 cm³/mol. The van der Waals surface area contributed by atoms with Crippen LogP contribution in [-0.2, 0) is 28.6 Å². The Balaban J connectivity index is 1.48. The van der Waals surface area contributed by atoms with E-state index >= 15 is 0 Å². The molecule has 3 N–H and O–H groups in total. The van der Waals surface area contributed by atoms with Gasteiger partial charge in [0.1, 0.15) is 23.6 Å². The SMILES string of the molecule is CC(/C=C/[C@H]1O[C@H](CC(=O)CCCNC(=O)CI)C[C@@]2(CO2)[C@@H]1O)=C\C[C@@H]1O[C@H](C)[C@H](NC(=O)/C=C\C(C)C)C[C@@H]1C. The molecule has 2 amide bonds. The maximum Gasteiger partial charge on any atom is 0.243 e. The van der Waals surface area contributed by atoms with Crippen molar-refractivity contribution in [1.29, 1.82) is 0 Å². The maximum atomic E-state index is 12.6. The molecule has 0 saturated carbocycles. The van der Waals surface area contributed by atoms with Gasteiger partial charge in [-0.3, -0.25) is 14.4 Å². The first kappa shape index (κ1) is 34.9. The zero-order chi connectivity index (χ0) is 30.9. The summed E-state index contributed by atoms with van der Waals surface area (Å²) < 4.78 is 18.5. The molecule has 0 bridgehead atoms. The van der Waals surface area contributed by atoms with E-state index in [9.17, 15) is 19.5 Å². The number of amides is 2. The van der Waals surface area contributed by atoms with Gasteiger partial charge < -0.3 is 30.0 Å². The van der Waals surface area contributed by atoms with Crippen molar-refractivity contribution in [3.8, 4) is 0 Å². The molecular formula is C32H49IN2O7. The number of aliphatic hydroxyl groups excluding tert-OH is 1. The standard InChI is InChI=1S/C32H49IN2O7/c1-20(2)8-13-29(37)35-26-15-22(4)27(41-23(26)5)11-9-21(3)10-12-28-31(39)32(19-40-32)17-25(42-28)16-24(36)7-6-14-34-30(38)18-33/h8-10,12-13,20,22-23,25-28,31,39H,6-7,11,14-19H2,1-5H3,(H,34,38)(H,35,37)/b12-10+,13-8-,21-9+/t22-,23+,25+,26+,27-,28+,31+,32+/m0/s1. The van der Waals surface area contributed by atoms with Gasteiger partial charge in [-0.25, -0.2) is 0 Å². The summed E-state index contributed by atoms with van der Waals surface area (Å²) in [6, 6.07) is -0.0195. The number of alkyl halides is 1. The van der Waals surface area contributed by atoms with Crippen LogP contribution in [0.25, 0.3) is 0 Å². The van der Waals surface area contributed by atoms with Crippen LogP contribution in [0.5, 0.6) is 0 Å². The lowest BCUT2D eigenvalue weighted by Gasteiger charge is -2.39. The summed E-state index contributed by atoms with van der Waals surface area (Å²) in [6.45, 7) is 11.2. The molecule has 0 aromatic carbocycles. The van der Waals surface area contributed by atoms with Crippen LogP contribution in [0.2, 0.25) is 0 Å². The third kappa shape index (κ3) is 10.8. The van der Waals surface area contributed by atoms with Gasteiger partial charge in [-0.2, -0.15) is 0 Å². The van der Waals surface area contributed by atoms with E-state index in [2.05, 4.69) is 23.6 Å². The van der Waals surface area contributed by atoms with E-state index in [0.717, 1.165) is 18.4 Å². The van der Waals surface area contributed by atoms with Gasteiger partial charge in [0, 0.05) is 25.8 Å². The Bertz CT molecular complexity index is 1020. The number of allylic oxidation sites excluding steroid dienone is 3. The Hall–Kier alpha value is -1.60. The van der Waals surface area contributed by atoms with Crippen LogP contribution in [0.1, 0.15) is 73.1 Å². The molecule has 0 aromatic heterocycles. The summed E-state index contributed by atoms with van der Waals surface area (Å²) in [6.07, 6.45) is 11.1. The third-order valence-corrected chi connectivity index (χ3v) is 8.91. The highest BCUT2D eigenvalue weighted by Gasteiger charge is 2.58. The molecule has 3 saturated heterocycles. The van der Waals surface area contributed by atoms with Gasteiger partial charge in [-0.05, 0) is 51.0 Å². The van der Waals surface area contributed by atoms with Gasteiger partial charge in [-0.1, -0.05) is 73.2 Å². The van der Waals surface area contributed by atoms with Gasteiger partial charge in [0.25, 0.3) is 0 Å². The van der Waals surface area contributed by atoms with E-state index in [4.69, 9.17) is 14.2 Å². The second-order valence-electron chi connectivity index (χ2n) is 12.4. The highest BCUT2D eigenvalue weighted by Crippen LogP contribution is 2.43. The van der Waals surface area contributed by atoms with E-state index in [0.29, 0.717) is 42.8 Å². The summed E-state index contributed by atoms with van der Waals surface area (Å²) in [7, 11) is 0. The number of epoxide rings is 1. The second-order valence-corrected chi connectivity index (χ2v) is 13.2. The number of hydrogen-bond acceptors (Lipinski definition) is 7. The zero-order valence-electron chi connectivity index (χ0n) is 25.6. The molecule has 42 heavy (non-hydrogen) atoms. The van der Waals surface area contributed by atoms with Crippen molar-refractivity contribution < 1.29 is 33.7 Å². The molecule has 3 aliphatic heterocycles. The van der Waals surface area contributed by atoms with E-state index in [1.54, 1.807) is 6.08 Å². The van der Waals surface area contributed by atoms with Crippen LogP contribution in [0.4, 0.5) is 0 Å². The lowest BCUT2D eigenvalue weighted by Crippen LogP contribution is -2.50. The Morgan fingerprint density at radius 1 is 1.17 bits per heavy atom. The zero-order valence-corrected chi connectivity index (χ0v) is 27.8. The monoisotopic (exact) mass is 700 g/mol. The van der Waals surface area contributed by atoms with Gasteiger partial charge in [0.15, 0.2) is 0 Å². The number of rotatable bonds is 14. The summed E-state index contributed by atoms with van der Waals surface area (Å²) in [5.74, 6) is 0.584. The van der Waals surface area contributed by atoms with Gasteiger partial charge in [-0.15, -0.1) is 0 Å². The highest BCUT2D eigenvalue weighted by atomic mass is 127. The van der Waals surface area contributed by atoms with E-state index in [-0.39, 0.29) is 54.3 Å². The number of ketones is 1. The van der Waals surface area contributed by atoms with Crippen molar-refractivity contribution in [2.75, 3.05) is 17.6 Å². The molecule has 1 spiro atoms. The summed E-state index contributed by atoms with van der Waals surface area (Å²) in [5.41, 5.74) is 0.392. The van der Waals surface area contributed by atoms with Crippen molar-refractivity contribution in [3.05, 3.63) is 36.0 Å². The average Bonchev–Trinajstić information content (AvgIpc) is 3.71. The molecule has 3 rings (SSSR count). The van der Waals surface area contributed by atoms with Crippen LogP contribution < -0.4 is 10.6 Å². The normalized spacial score (nSPS) is 33.4. The Morgan fingerprint density at radius 3 is 2.57 bits per heavy atom. The fourth-order valence-electron chi connectivity index (χ4n) is 5.56. The van der Waals surface area contributed by atoms with Crippen LogP contribution >= 0.6 is 22.6 Å². The Labute approximate surface area is 264 Å². The molecule has 0 aromatic rings. The minimum atomic E-state index is -0.790. The molecule has 3 aliphatic rings. The van der Waals surface area contributed by atoms with E-state index in [1.807, 2.05) is 68.5 Å². The van der Waals surface area contributed by atoms with E-state index < -0.39 is 17.8 Å². The van der Waals surface area contributed by atoms with Crippen molar-refractivity contribution in [2.45, 2.75) is 115 Å². The number of hydrogen-bond donors (Lipinski definition) is 3. The Kier molecular flexibility index (Phi) is 13.7. The maximum absolute atomic E-state index is 12.6. The number of Topliss-reactive ketones (excluding diaryl/α,β-unsaturated/α-hetero) is 1. The van der Waals surface area contributed by atoms with Gasteiger partial charge >= 0.3 is 0 Å². The largest absolute Gasteiger partial charge is 0.387 e. The fourth-order valence-corrected chi connectivity index (χ4v) is 5.83.